The van der Waals surface area contributed by atoms with E-state index in [9.17, 15) is 18.3 Å². The Bertz CT molecular complexity index is 1160. The molecule has 1 heterocycles. The molecule has 0 spiro atoms. The highest BCUT2D eigenvalue weighted by Gasteiger charge is 2.21. The van der Waals surface area contributed by atoms with Gasteiger partial charge in [-0.3, -0.25) is 9.78 Å². The Morgan fingerprint density at radius 2 is 1.93 bits per heavy atom. The molecule has 0 radical (unpaired) electrons. The van der Waals surface area contributed by atoms with E-state index in [1.807, 2.05) is 6.07 Å². The number of hydrogen-bond acceptors (Lipinski definition) is 5. The molecule has 3 rings (SSSR count). The van der Waals surface area contributed by atoms with Crippen molar-refractivity contribution in [2.75, 3.05) is 6.26 Å². The quantitative estimate of drug-likeness (QED) is 0.662. The van der Waals surface area contributed by atoms with Crippen molar-refractivity contribution in [2.24, 2.45) is 5.73 Å². The number of carbonyl (C=O) groups excluding carboxylic acids is 1. The Hall–Kier alpha value is -2.90. The number of sulfone groups is 1. The largest absolute Gasteiger partial charge is 0.507 e. The van der Waals surface area contributed by atoms with E-state index in [-0.39, 0.29) is 28.2 Å². The van der Waals surface area contributed by atoms with Gasteiger partial charge in [-0.15, -0.1) is 0 Å². The lowest BCUT2D eigenvalue weighted by molar-refractivity contribution is 0.100. The fraction of sp³-hybridized carbons (Fsp3) is 0.100. The monoisotopic (exact) mass is 416 g/mol. The molecule has 28 heavy (non-hydrogen) atoms. The van der Waals surface area contributed by atoms with Crippen LogP contribution in [0.3, 0.4) is 0 Å². The fourth-order valence-corrected chi connectivity index (χ4v) is 3.94. The zero-order chi connectivity index (χ0) is 20.5. The minimum absolute atomic E-state index is 0.0732. The Balaban J connectivity index is 2.25. The van der Waals surface area contributed by atoms with Crippen LogP contribution in [0.5, 0.6) is 5.75 Å². The minimum Gasteiger partial charge on any atom is -0.507 e. The number of halogens is 1. The van der Waals surface area contributed by atoms with Gasteiger partial charge in [0.15, 0.2) is 9.84 Å². The maximum Gasteiger partial charge on any atom is 0.249 e. The maximum absolute atomic E-state index is 11.9. The van der Waals surface area contributed by atoms with Crippen LogP contribution in [0.1, 0.15) is 15.9 Å². The summed E-state index contributed by atoms with van der Waals surface area (Å²) in [6, 6.07) is 13.1. The van der Waals surface area contributed by atoms with E-state index >= 15 is 0 Å². The molecule has 0 aliphatic rings. The predicted octanol–water partition coefficient (Wildman–Crippen LogP) is 3.42. The van der Waals surface area contributed by atoms with E-state index in [1.54, 1.807) is 36.5 Å². The number of aromatic hydroxyl groups is 1. The van der Waals surface area contributed by atoms with Crippen LogP contribution in [0, 0.1) is 0 Å². The third-order valence-electron chi connectivity index (χ3n) is 4.14. The topological polar surface area (TPSA) is 110 Å². The van der Waals surface area contributed by atoms with Crippen LogP contribution in [-0.2, 0) is 15.6 Å². The zero-order valence-corrected chi connectivity index (χ0v) is 16.5. The molecule has 1 amide bonds. The number of pyridine rings is 1. The highest BCUT2D eigenvalue weighted by atomic mass is 35.5. The van der Waals surface area contributed by atoms with Crippen molar-refractivity contribution in [3.63, 3.8) is 0 Å². The minimum atomic E-state index is -3.40. The van der Waals surface area contributed by atoms with Gasteiger partial charge in [-0.2, -0.15) is 0 Å². The summed E-state index contributed by atoms with van der Waals surface area (Å²) in [5.74, 6) is -1.42. The van der Waals surface area contributed by atoms with Gasteiger partial charge in [0.2, 0.25) is 5.91 Å². The molecule has 0 bridgehead atoms. The number of hydrogen-bond donors (Lipinski definition) is 2. The van der Waals surface area contributed by atoms with Crippen molar-refractivity contribution in [1.82, 2.24) is 4.98 Å². The maximum atomic E-state index is 11.9. The van der Waals surface area contributed by atoms with Gasteiger partial charge in [-0.1, -0.05) is 29.8 Å². The second-order valence-electron chi connectivity index (χ2n) is 6.34. The summed E-state index contributed by atoms with van der Waals surface area (Å²) in [4.78, 5) is 16.2. The molecule has 0 aliphatic heterocycles. The zero-order valence-electron chi connectivity index (χ0n) is 14.9. The van der Waals surface area contributed by atoms with E-state index in [0.29, 0.717) is 21.8 Å². The molecular weight excluding hydrogens is 400 g/mol. The standard InChI is InChI=1S/C20H17ClN2O4S/c1-28(26,27)11-13-5-7-14(20(22)25)18(19(13)24)12-6-8-16(21)15(10-12)17-4-2-3-9-23-17/h2-10,24H,11H2,1H3,(H2,22,25). The molecular formula is C20H17ClN2O4S. The van der Waals surface area contributed by atoms with E-state index in [4.69, 9.17) is 17.3 Å². The molecule has 2 aromatic carbocycles. The van der Waals surface area contributed by atoms with Gasteiger partial charge in [0.1, 0.15) is 5.75 Å². The molecule has 0 atom stereocenters. The number of primary amides is 1. The second kappa shape index (κ2) is 7.61. The van der Waals surface area contributed by atoms with E-state index in [0.717, 1.165) is 6.26 Å². The molecule has 0 fully saturated rings. The van der Waals surface area contributed by atoms with Gasteiger partial charge < -0.3 is 10.8 Å². The number of phenolic OH excluding ortho intramolecular Hbond substituents is 1. The first-order chi connectivity index (χ1) is 13.2. The van der Waals surface area contributed by atoms with Crippen molar-refractivity contribution < 1.29 is 18.3 Å². The number of nitrogens with zero attached hydrogens (tertiary/aromatic N) is 1. The summed E-state index contributed by atoms with van der Waals surface area (Å²) in [7, 11) is -3.40. The Labute approximate surface area is 167 Å². The van der Waals surface area contributed by atoms with Crippen LogP contribution in [0.25, 0.3) is 22.4 Å². The molecule has 8 heteroatoms. The summed E-state index contributed by atoms with van der Waals surface area (Å²) in [6.07, 6.45) is 2.69. The Kier molecular flexibility index (Phi) is 5.40. The van der Waals surface area contributed by atoms with Crippen molar-refractivity contribution in [2.45, 2.75) is 5.75 Å². The van der Waals surface area contributed by atoms with E-state index in [1.165, 1.54) is 12.1 Å². The SMILES string of the molecule is CS(=O)(=O)Cc1ccc(C(N)=O)c(-c2ccc(Cl)c(-c3ccccn3)c2)c1O. The fourth-order valence-electron chi connectivity index (χ4n) is 2.93. The Morgan fingerprint density at radius 1 is 1.18 bits per heavy atom. The number of carbonyl (C=O) groups is 1. The third kappa shape index (κ3) is 4.16. The molecule has 0 saturated heterocycles. The normalized spacial score (nSPS) is 11.4. The number of amides is 1. The highest BCUT2D eigenvalue weighted by Crippen LogP contribution is 2.39. The molecule has 3 aromatic rings. The summed E-state index contributed by atoms with van der Waals surface area (Å²) >= 11 is 6.31. The lowest BCUT2D eigenvalue weighted by atomic mass is 9.94. The summed E-state index contributed by atoms with van der Waals surface area (Å²) in [6.45, 7) is 0. The molecule has 0 aliphatic carbocycles. The van der Waals surface area contributed by atoms with Crippen LogP contribution in [0.4, 0.5) is 0 Å². The van der Waals surface area contributed by atoms with E-state index in [2.05, 4.69) is 4.98 Å². The van der Waals surface area contributed by atoms with Crippen molar-refractivity contribution >= 4 is 27.3 Å². The molecule has 1 aromatic heterocycles. The van der Waals surface area contributed by atoms with Gasteiger partial charge in [0, 0.05) is 34.2 Å². The third-order valence-corrected chi connectivity index (χ3v) is 5.31. The van der Waals surface area contributed by atoms with Gasteiger partial charge in [0.25, 0.3) is 0 Å². The summed E-state index contributed by atoms with van der Waals surface area (Å²) < 4.78 is 23.3. The summed E-state index contributed by atoms with van der Waals surface area (Å²) in [5.41, 5.74) is 7.55. The van der Waals surface area contributed by atoms with Crippen molar-refractivity contribution in [1.29, 1.82) is 0 Å². The van der Waals surface area contributed by atoms with Crippen LogP contribution in [0.15, 0.2) is 54.7 Å². The lowest BCUT2D eigenvalue weighted by Crippen LogP contribution is -2.13. The van der Waals surface area contributed by atoms with Gasteiger partial charge >= 0.3 is 0 Å². The highest BCUT2D eigenvalue weighted by molar-refractivity contribution is 7.89. The number of aromatic nitrogens is 1. The Morgan fingerprint density at radius 3 is 2.54 bits per heavy atom. The van der Waals surface area contributed by atoms with Gasteiger partial charge in [0.05, 0.1) is 17.0 Å². The first-order valence-corrected chi connectivity index (χ1v) is 10.6. The van der Waals surface area contributed by atoms with Crippen LogP contribution in [-0.4, -0.2) is 30.7 Å². The lowest BCUT2D eigenvalue weighted by Gasteiger charge is -2.15. The van der Waals surface area contributed by atoms with Crippen LogP contribution < -0.4 is 5.73 Å². The molecule has 144 valence electrons. The number of rotatable bonds is 5. The van der Waals surface area contributed by atoms with Crippen molar-refractivity contribution in [3.05, 3.63) is 70.9 Å². The average molecular weight is 417 g/mol. The summed E-state index contributed by atoms with van der Waals surface area (Å²) in [5, 5.41) is 11.2. The van der Waals surface area contributed by atoms with Gasteiger partial charge in [-0.25, -0.2) is 8.42 Å². The second-order valence-corrected chi connectivity index (χ2v) is 8.89. The van der Waals surface area contributed by atoms with E-state index < -0.39 is 15.7 Å². The molecule has 6 nitrogen and oxygen atoms in total. The van der Waals surface area contributed by atoms with Crippen LogP contribution >= 0.6 is 11.6 Å². The molecule has 0 unspecified atom stereocenters. The van der Waals surface area contributed by atoms with Crippen molar-refractivity contribution in [3.8, 4) is 28.1 Å². The van der Waals surface area contributed by atoms with Gasteiger partial charge in [-0.05, 0) is 35.9 Å². The average Bonchev–Trinajstić information content (AvgIpc) is 2.63. The molecule has 0 saturated carbocycles. The first-order valence-electron chi connectivity index (χ1n) is 8.21. The first kappa shape index (κ1) is 19.9. The predicted molar refractivity (Wildman–Crippen MR) is 109 cm³/mol. The molecule has 3 N–H and O–H groups in total. The number of nitrogens with two attached hydrogens (primary N) is 1. The number of benzene rings is 2. The number of phenols is 1. The smallest absolute Gasteiger partial charge is 0.249 e. The van der Waals surface area contributed by atoms with Crippen LogP contribution in [0.2, 0.25) is 5.02 Å².